The van der Waals surface area contributed by atoms with Crippen LogP contribution in [0.2, 0.25) is 0 Å². The molecule has 5 nitrogen and oxygen atoms in total. The summed E-state index contributed by atoms with van der Waals surface area (Å²) in [6, 6.07) is 23.6. The average Bonchev–Trinajstić information content (AvgIpc) is 3.17. The maximum absolute atomic E-state index is 12.5. The van der Waals surface area contributed by atoms with Crippen molar-refractivity contribution in [2.45, 2.75) is 25.4 Å². The number of thioether (sulfide) groups is 1. The third kappa shape index (κ3) is 5.89. The van der Waals surface area contributed by atoms with E-state index in [-0.39, 0.29) is 11.4 Å². The van der Waals surface area contributed by atoms with Crippen LogP contribution in [0.25, 0.3) is 6.08 Å². The fraction of sp³-hybridized carbons (Fsp3) is 0.154. The number of halogens is 1. The van der Waals surface area contributed by atoms with Crippen molar-refractivity contribution in [3.63, 3.8) is 0 Å². The number of benzene rings is 3. The lowest BCUT2D eigenvalue weighted by atomic mass is 10.1. The summed E-state index contributed by atoms with van der Waals surface area (Å²) in [6.45, 7) is 2.45. The van der Waals surface area contributed by atoms with Gasteiger partial charge in [0, 0.05) is 11.3 Å². The highest BCUT2D eigenvalue weighted by atomic mass is 127. The fourth-order valence-electron chi connectivity index (χ4n) is 3.34. The topological polar surface area (TPSA) is 74.2 Å². The molecule has 33 heavy (non-hydrogen) atoms. The molecule has 0 aromatic heterocycles. The van der Waals surface area contributed by atoms with E-state index >= 15 is 0 Å². The van der Waals surface area contributed by atoms with Crippen LogP contribution < -0.4 is 15.4 Å². The minimum Gasteiger partial charge on any atom is -0.488 e. The van der Waals surface area contributed by atoms with Crippen LogP contribution in [-0.2, 0) is 17.8 Å². The molecule has 1 saturated heterocycles. The summed E-state index contributed by atoms with van der Waals surface area (Å²) in [5, 5.41) is 15.5. The third-order valence-corrected chi connectivity index (χ3v) is 7.04. The molecule has 166 valence electrons. The zero-order chi connectivity index (χ0) is 23.2. The molecule has 0 spiro atoms. The SMILES string of the molecule is CCc1ccc(N[C@H]2NC(=O)/C(=C/c3ccc(OCc4ccccc4C#N)c(I)c3)S2)cc1. The molecule has 0 aliphatic carbocycles. The molecule has 0 unspecified atom stereocenters. The lowest BCUT2D eigenvalue weighted by Crippen LogP contribution is -2.30. The number of carbonyl (C=O) groups excluding carboxylic acids is 1. The second kappa shape index (κ2) is 10.8. The van der Waals surface area contributed by atoms with E-state index in [1.165, 1.54) is 17.3 Å². The predicted molar refractivity (Wildman–Crippen MR) is 142 cm³/mol. The van der Waals surface area contributed by atoms with Gasteiger partial charge in [0.05, 0.1) is 20.1 Å². The van der Waals surface area contributed by atoms with Crippen molar-refractivity contribution in [1.29, 1.82) is 5.26 Å². The summed E-state index contributed by atoms with van der Waals surface area (Å²) < 4.78 is 6.87. The first-order chi connectivity index (χ1) is 16.1. The highest BCUT2D eigenvalue weighted by Gasteiger charge is 2.27. The van der Waals surface area contributed by atoms with Crippen molar-refractivity contribution in [3.05, 3.63) is 97.5 Å². The number of nitrogens with zero attached hydrogens (tertiary/aromatic N) is 1. The highest BCUT2D eigenvalue weighted by molar-refractivity contribution is 14.1. The molecule has 3 aromatic rings. The smallest absolute Gasteiger partial charge is 0.260 e. The predicted octanol–water partition coefficient (Wildman–Crippen LogP) is 5.90. The molecule has 4 rings (SSSR count). The van der Waals surface area contributed by atoms with Gasteiger partial charge in [0.2, 0.25) is 0 Å². The minimum absolute atomic E-state index is 0.0916. The Bertz CT molecular complexity index is 1240. The van der Waals surface area contributed by atoms with Crippen molar-refractivity contribution < 1.29 is 9.53 Å². The summed E-state index contributed by atoms with van der Waals surface area (Å²) in [5.74, 6) is 0.648. The molecular formula is C26H22IN3O2S. The lowest BCUT2D eigenvalue weighted by Gasteiger charge is -2.13. The van der Waals surface area contributed by atoms with Gasteiger partial charge in [0.25, 0.3) is 5.91 Å². The molecule has 2 N–H and O–H groups in total. The van der Waals surface area contributed by atoms with Crippen LogP contribution in [0.5, 0.6) is 5.75 Å². The van der Waals surface area contributed by atoms with E-state index in [1.54, 1.807) is 6.07 Å². The van der Waals surface area contributed by atoms with E-state index in [0.29, 0.717) is 17.1 Å². The summed E-state index contributed by atoms with van der Waals surface area (Å²) >= 11 is 3.69. The average molecular weight is 567 g/mol. The normalized spacial score (nSPS) is 16.3. The van der Waals surface area contributed by atoms with Crippen LogP contribution in [0, 0.1) is 14.9 Å². The first-order valence-electron chi connectivity index (χ1n) is 10.5. The van der Waals surface area contributed by atoms with Gasteiger partial charge in [-0.1, -0.05) is 55.1 Å². The minimum atomic E-state index is -0.210. The zero-order valence-corrected chi connectivity index (χ0v) is 20.9. The maximum atomic E-state index is 12.5. The lowest BCUT2D eigenvalue weighted by molar-refractivity contribution is -0.116. The maximum Gasteiger partial charge on any atom is 0.260 e. The van der Waals surface area contributed by atoms with Crippen LogP contribution >= 0.6 is 34.4 Å². The summed E-state index contributed by atoms with van der Waals surface area (Å²) in [6.07, 6.45) is 2.89. The molecule has 1 atom stereocenters. The van der Waals surface area contributed by atoms with Crippen LogP contribution in [-0.4, -0.2) is 11.4 Å². The van der Waals surface area contributed by atoms with E-state index in [9.17, 15) is 10.1 Å². The molecule has 0 radical (unpaired) electrons. The summed E-state index contributed by atoms with van der Waals surface area (Å²) in [5.41, 5.74) is 4.43. The fourth-order valence-corrected chi connectivity index (χ4v) is 5.02. The van der Waals surface area contributed by atoms with Gasteiger partial charge in [-0.25, -0.2) is 0 Å². The monoisotopic (exact) mass is 567 g/mol. The molecular weight excluding hydrogens is 545 g/mol. The number of hydrogen-bond donors (Lipinski definition) is 2. The first-order valence-corrected chi connectivity index (χ1v) is 12.5. The molecule has 1 fully saturated rings. The number of nitriles is 1. The quantitative estimate of drug-likeness (QED) is 0.275. The Morgan fingerprint density at radius 1 is 1.18 bits per heavy atom. The van der Waals surface area contributed by atoms with E-state index in [4.69, 9.17) is 4.74 Å². The van der Waals surface area contributed by atoms with Crippen LogP contribution in [0.4, 0.5) is 5.69 Å². The van der Waals surface area contributed by atoms with Crippen molar-refractivity contribution in [2.24, 2.45) is 0 Å². The number of carbonyl (C=O) groups is 1. The van der Waals surface area contributed by atoms with Gasteiger partial charge in [0.1, 0.15) is 12.4 Å². The molecule has 0 bridgehead atoms. The second-order valence-corrected chi connectivity index (χ2v) is 9.73. The Kier molecular flexibility index (Phi) is 7.57. The van der Waals surface area contributed by atoms with Crippen molar-refractivity contribution in [1.82, 2.24) is 5.32 Å². The first kappa shape index (κ1) is 23.2. The number of amides is 1. The van der Waals surface area contributed by atoms with Gasteiger partial charge in [0.15, 0.2) is 5.50 Å². The Hall–Kier alpha value is -2.96. The number of hydrogen-bond acceptors (Lipinski definition) is 5. The zero-order valence-electron chi connectivity index (χ0n) is 18.0. The Labute approximate surface area is 211 Å². The molecule has 1 aliphatic heterocycles. The van der Waals surface area contributed by atoms with E-state index in [1.807, 2.05) is 54.6 Å². The molecule has 1 amide bonds. The number of ether oxygens (including phenoxy) is 1. The van der Waals surface area contributed by atoms with Crippen molar-refractivity contribution >= 4 is 52.0 Å². The molecule has 1 heterocycles. The van der Waals surface area contributed by atoms with E-state index in [0.717, 1.165) is 32.6 Å². The van der Waals surface area contributed by atoms with Gasteiger partial charge in [-0.2, -0.15) is 5.26 Å². The third-order valence-electron chi connectivity index (χ3n) is 5.17. The van der Waals surface area contributed by atoms with Gasteiger partial charge >= 0.3 is 0 Å². The number of rotatable bonds is 7. The van der Waals surface area contributed by atoms with Crippen LogP contribution in [0.1, 0.15) is 29.2 Å². The number of aryl methyl sites for hydroxylation is 1. The standard InChI is InChI=1S/C26H22IN3O2S/c1-2-17-7-10-21(11-8-17)29-26-30-25(31)24(33-26)14-18-9-12-23(22(27)13-18)32-16-20-6-4-3-5-19(20)15-28/h3-14,26,29H,2,16H2,1H3,(H,30,31)/b24-14-/t26-/m0/s1. The largest absolute Gasteiger partial charge is 0.488 e. The van der Waals surface area contributed by atoms with Crippen LogP contribution in [0.15, 0.2) is 71.6 Å². The second-order valence-electron chi connectivity index (χ2n) is 7.42. The number of anilines is 1. The molecule has 1 aliphatic rings. The Balaban J connectivity index is 1.40. The van der Waals surface area contributed by atoms with Gasteiger partial charge in [-0.05, 0) is 76.5 Å². The van der Waals surface area contributed by atoms with Crippen molar-refractivity contribution in [3.8, 4) is 11.8 Å². The highest BCUT2D eigenvalue weighted by Crippen LogP contribution is 2.32. The Morgan fingerprint density at radius 3 is 2.70 bits per heavy atom. The van der Waals surface area contributed by atoms with Crippen LogP contribution in [0.3, 0.4) is 0 Å². The van der Waals surface area contributed by atoms with Gasteiger partial charge < -0.3 is 15.4 Å². The Morgan fingerprint density at radius 2 is 1.97 bits per heavy atom. The van der Waals surface area contributed by atoms with Crippen molar-refractivity contribution in [2.75, 3.05) is 5.32 Å². The number of nitrogens with one attached hydrogen (secondary N) is 2. The van der Waals surface area contributed by atoms with E-state index in [2.05, 4.69) is 58.4 Å². The molecule has 3 aromatic carbocycles. The molecule has 0 saturated carbocycles. The van der Waals surface area contributed by atoms with E-state index < -0.39 is 0 Å². The van der Waals surface area contributed by atoms with Gasteiger partial charge in [-0.15, -0.1) is 0 Å². The van der Waals surface area contributed by atoms with Gasteiger partial charge in [-0.3, -0.25) is 4.79 Å². The summed E-state index contributed by atoms with van der Waals surface area (Å²) in [4.78, 5) is 13.1. The molecule has 7 heteroatoms. The summed E-state index contributed by atoms with van der Waals surface area (Å²) in [7, 11) is 0.